The molecule has 1 fully saturated rings. The summed E-state index contributed by atoms with van der Waals surface area (Å²) in [5, 5.41) is 9.56. The number of carbonyl (C=O) groups excluding carboxylic acids is 1. The van der Waals surface area contributed by atoms with Crippen LogP contribution >= 0.6 is 0 Å². The monoisotopic (exact) mass is 460 g/mol. The van der Waals surface area contributed by atoms with Gasteiger partial charge in [0.2, 0.25) is 0 Å². The third-order valence-electron chi connectivity index (χ3n) is 7.51. The molecule has 170 valence electrons. The van der Waals surface area contributed by atoms with E-state index in [0.29, 0.717) is 0 Å². The van der Waals surface area contributed by atoms with Gasteiger partial charge in [0, 0.05) is 11.1 Å². The molecule has 0 amide bonds. The van der Waals surface area contributed by atoms with Gasteiger partial charge in [0.05, 0.1) is 0 Å². The summed E-state index contributed by atoms with van der Waals surface area (Å²) in [4.78, 5) is 13.7. The minimum Gasteiger partial charge on any atom is -0.289 e. The number of rotatable bonds is 2. The summed E-state index contributed by atoms with van der Waals surface area (Å²) in [5.41, 5.74) is 4.08. The molecule has 1 saturated carbocycles. The molecule has 0 atom stereocenters. The Balaban J connectivity index is 1.39. The molecule has 0 bridgehead atoms. The van der Waals surface area contributed by atoms with Crippen LogP contribution in [0.1, 0.15) is 24.0 Å². The van der Waals surface area contributed by atoms with Crippen molar-refractivity contribution in [3.8, 4) is 0 Å². The van der Waals surface area contributed by atoms with E-state index >= 15 is 0 Å². The number of ketones is 1. The number of hydrogen-bond donors (Lipinski definition) is 0. The Morgan fingerprint density at radius 3 is 1.08 bits per heavy atom. The third-order valence-corrected chi connectivity index (χ3v) is 7.51. The van der Waals surface area contributed by atoms with Gasteiger partial charge in [-0.05, 0) is 91.3 Å². The van der Waals surface area contributed by atoms with Crippen molar-refractivity contribution < 1.29 is 4.79 Å². The molecule has 0 unspecified atom stereocenters. The standard InChI is InChI=1S/C35H24O/c36-35-27(21-33-29-13-5-1-9-23(29)19-24-10-2-6-14-30(24)33)17-18-28(35)22-34-31-15-7-3-11-25(31)20-26-12-4-8-16-32(26)34/h1-16,19-22H,17-18H2/b27-21+,28-22+. The lowest BCUT2D eigenvalue weighted by Crippen LogP contribution is -1.96. The SMILES string of the molecule is O=C1/C(=C/c2c3ccccc3cc3ccccc23)CC/C1=C\c1c2ccccc2cc2ccccc12. The van der Waals surface area contributed by atoms with Crippen molar-refractivity contribution in [3.63, 3.8) is 0 Å². The van der Waals surface area contributed by atoms with Crippen molar-refractivity contribution in [2.45, 2.75) is 12.8 Å². The van der Waals surface area contributed by atoms with Crippen LogP contribution in [0.15, 0.2) is 120 Å². The van der Waals surface area contributed by atoms with Crippen LogP contribution in [0.25, 0.3) is 55.2 Å². The predicted molar refractivity (Wildman–Crippen MR) is 153 cm³/mol. The summed E-state index contributed by atoms with van der Waals surface area (Å²) in [6, 6.07) is 38.3. The maximum absolute atomic E-state index is 13.7. The fourth-order valence-electron chi connectivity index (χ4n) is 5.74. The van der Waals surface area contributed by atoms with E-state index in [1.165, 1.54) is 43.1 Å². The van der Waals surface area contributed by atoms with Crippen LogP contribution in [-0.4, -0.2) is 5.78 Å². The van der Waals surface area contributed by atoms with E-state index in [4.69, 9.17) is 0 Å². The zero-order valence-electron chi connectivity index (χ0n) is 19.9. The number of hydrogen-bond acceptors (Lipinski definition) is 1. The molecular formula is C35H24O. The second kappa shape index (κ2) is 8.32. The quantitative estimate of drug-likeness (QED) is 0.186. The van der Waals surface area contributed by atoms with Crippen molar-refractivity contribution in [1.29, 1.82) is 0 Å². The molecule has 0 radical (unpaired) electrons. The molecule has 0 aromatic heterocycles. The summed E-state index contributed by atoms with van der Waals surface area (Å²) in [7, 11) is 0. The van der Waals surface area contributed by atoms with Crippen LogP contribution in [0.2, 0.25) is 0 Å². The Kier molecular flexibility index (Phi) is 4.82. The molecule has 6 aromatic carbocycles. The van der Waals surface area contributed by atoms with Gasteiger partial charge < -0.3 is 0 Å². The van der Waals surface area contributed by atoms with Crippen LogP contribution in [0.3, 0.4) is 0 Å². The largest absolute Gasteiger partial charge is 0.289 e. The van der Waals surface area contributed by atoms with Crippen LogP contribution < -0.4 is 0 Å². The molecule has 36 heavy (non-hydrogen) atoms. The number of allylic oxidation sites excluding steroid dienone is 2. The van der Waals surface area contributed by atoms with Crippen molar-refractivity contribution in [3.05, 3.63) is 131 Å². The number of benzene rings is 6. The summed E-state index contributed by atoms with van der Waals surface area (Å²) in [6.45, 7) is 0. The molecule has 0 heterocycles. The van der Waals surface area contributed by atoms with Crippen molar-refractivity contribution in [2.24, 2.45) is 0 Å². The molecule has 1 aliphatic rings. The molecule has 1 heteroatoms. The Morgan fingerprint density at radius 2 is 0.750 bits per heavy atom. The molecule has 0 spiro atoms. The number of fused-ring (bicyclic) bond motifs is 4. The van der Waals surface area contributed by atoms with Crippen molar-refractivity contribution >= 4 is 61.0 Å². The normalized spacial score (nSPS) is 16.3. The summed E-state index contributed by atoms with van der Waals surface area (Å²) in [5.74, 6) is 0.170. The van der Waals surface area contributed by atoms with Crippen LogP contribution in [-0.2, 0) is 4.79 Å². The average molecular weight is 461 g/mol. The van der Waals surface area contributed by atoms with Gasteiger partial charge >= 0.3 is 0 Å². The van der Waals surface area contributed by atoms with Gasteiger partial charge in [-0.2, -0.15) is 0 Å². The highest BCUT2D eigenvalue weighted by Gasteiger charge is 2.24. The van der Waals surface area contributed by atoms with E-state index in [0.717, 1.165) is 35.1 Å². The van der Waals surface area contributed by atoms with Gasteiger partial charge in [-0.1, -0.05) is 97.1 Å². The van der Waals surface area contributed by atoms with Gasteiger partial charge in [-0.25, -0.2) is 0 Å². The average Bonchev–Trinajstić information content (AvgIpc) is 3.26. The first-order chi connectivity index (χ1) is 17.8. The van der Waals surface area contributed by atoms with E-state index in [9.17, 15) is 4.79 Å². The fourth-order valence-corrected chi connectivity index (χ4v) is 5.74. The maximum Gasteiger partial charge on any atom is 0.185 e. The highest BCUT2D eigenvalue weighted by atomic mass is 16.1. The Labute approximate surface area is 210 Å². The second-order valence-corrected chi connectivity index (χ2v) is 9.63. The zero-order valence-corrected chi connectivity index (χ0v) is 19.9. The van der Waals surface area contributed by atoms with Crippen LogP contribution in [0.5, 0.6) is 0 Å². The van der Waals surface area contributed by atoms with E-state index < -0.39 is 0 Å². The van der Waals surface area contributed by atoms with Gasteiger partial charge in [-0.3, -0.25) is 4.79 Å². The molecule has 0 aliphatic heterocycles. The van der Waals surface area contributed by atoms with Crippen LogP contribution in [0, 0.1) is 0 Å². The summed E-state index contributed by atoms with van der Waals surface area (Å²) < 4.78 is 0. The molecule has 0 saturated heterocycles. The molecule has 1 nitrogen and oxygen atoms in total. The zero-order chi connectivity index (χ0) is 24.1. The molecule has 0 N–H and O–H groups in total. The number of carbonyl (C=O) groups is 1. The van der Waals surface area contributed by atoms with E-state index in [-0.39, 0.29) is 5.78 Å². The van der Waals surface area contributed by atoms with Gasteiger partial charge in [0.15, 0.2) is 5.78 Å². The highest BCUT2D eigenvalue weighted by Crippen LogP contribution is 2.37. The van der Waals surface area contributed by atoms with E-state index in [1.54, 1.807) is 0 Å². The highest BCUT2D eigenvalue weighted by molar-refractivity contribution is 6.19. The van der Waals surface area contributed by atoms with E-state index in [1.807, 2.05) is 0 Å². The predicted octanol–water partition coefficient (Wildman–Crippen LogP) is 9.13. The van der Waals surface area contributed by atoms with Crippen LogP contribution in [0.4, 0.5) is 0 Å². The Morgan fingerprint density at radius 1 is 0.444 bits per heavy atom. The number of Topliss-reactive ketones (excluding diaryl/α,β-unsaturated/α-hetero) is 1. The summed E-state index contributed by atoms with van der Waals surface area (Å²) >= 11 is 0. The van der Waals surface area contributed by atoms with Crippen molar-refractivity contribution in [1.82, 2.24) is 0 Å². The lowest BCUT2D eigenvalue weighted by atomic mass is 9.94. The summed E-state index contributed by atoms with van der Waals surface area (Å²) in [6.07, 6.45) is 5.83. The van der Waals surface area contributed by atoms with E-state index in [2.05, 4.69) is 121 Å². The minimum atomic E-state index is 0.170. The lowest BCUT2D eigenvalue weighted by molar-refractivity contribution is -0.111. The first kappa shape index (κ1) is 20.8. The van der Waals surface area contributed by atoms with Gasteiger partial charge in [0.1, 0.15) is 0 Å². The Bertz CT molecular complexity index is 1650. The first-order valence-corrected chi connectivity index (χ1v) is 12.5. The minimum absolute atomic E-state index is 0.170. The third kappa shape index (κ3) is 3.36. The molecular weight excluding hydrogens is 436 g/mol. The first-order valence-electron chi connectivity index (χ1n) is 12.5. The smallest absolute Gasteiger partial charge is 0.185 e. The van der Waals surface area contributed by atoms with Gasteiger partial charge in [-0.15, -0.1) is 0 Å². The Hall–Kier alpha value is -4.49. The topological polar surface area (TPSA) is 17.1 Å². The maximum atomic E-state index is 13.7. The second-order valence-electron chi connectivity index (χ2n) is 9.63. The molecule has 7 rings (SSSR count). The molecule has 1 aliphatic carbocycles. The van der Waals surface area contributed by atoms with Crippen molar-refractivity contribution in [2.75, 3.05) is 0 Å². The molecule has 6 aromatic rings. The van der Waals surface area contributed by atoms with Gasteiger partial charge in [0.25, 0.3) is 0 Å². The fraction of sp³-hybridized carbons (Fsp3) is 0.0571. The lowest BCUT2D eigenvalue weighted by Gasteiger charge is -2.10.